The number of pyridine rings is 1. The van der Waals surface area contributed by atoms with E-state index >= 15 is 0 Å². The monoisotopic (exact) mass is 254 g/mol. The average Bonchev–Trinajstić information content (AvgIpc) is 2.79. The molecular weight excluding hydrogens is 236 g/mol. The normalized spacial score (nSPS) is 17.3. The number of hydrogen-bond donors (Lipinski definition) is 1. The molecular formula is C16H18N2O. The van der Waals surface area contributed by atoms with Crippen LogP contribution in [0.1, 0.15) is 34.8 Å². The summed E-state index contributed by atoms with van der Waals surface area (Å²) >= 11 is 0. The molecule has 3 nitrogen and oxygen atoms in total. The highest BCUT2D eigenvalue weighted by Gasteiger charge is 2.19. The molecule has 1 aromatic carbocycles. The van der Waals surface area contributed by atoms with Crippen LogP contribution < -0.4 is 10.5 Å². The third-order valence-corrected chi connectivity index (χ3v) is 3.73. The summed E-state index contributed by atoms with van der Waals surface area (Å²) in [5, 5.41) is 0. The van der Waals surface area contributed by atoms with E-state index in [4.69, 9.17) is 10.5 Å². The van der Waals surface area contributed by atoms with E-state index in [9.17, 15) is 0 Å². The van der Waals surface area contributed by atoms with Crippen molar-refractivity contribution in [1.82, 2.24) is 4.98 Å². The van der Waals surface area contributed by atoms with E-state index in [2.05, 4.69) is 17.1 Å². The Morgan fingerprint density at radius 2 is 2.26 bits per heavy atom. The summed E-state index contributed by atoms with van der Waals surface area (Å²) in [4.78, 5) is 4.33. The first-order valence-corrected chi connectivity index (χ1v) is 6.66. The van der Waals surface area contributed by atoms with Crippen LogP contribution in [0.5, 0.6) is 5.75 Å². The summed E-state index contributed by atoms with van der Waals surface area (Å²) in [7, 11) is 0. The summed E-state index contributed by atoms with van der Waals surface area (Å²) < 4.78 is 5.83. The van der Waals surface area contributed by atoms with Crippen molar-refractivity contribution in [2.24, 2.45) is 5.73 Å². The van der Waals surface area contributed by atoms with Crippen LogP contribution in [0.25, 0.3) is 0 Å². The maximum absolute atomic E-state index is 6.03. The van der Waals surface area contributed by atoms with Gasteiger partial charge in [0.25, 0.3) is 0 Å². The van der Waals surface area contributed by atoms with Crippen LogP contribution in [-0.2, 0) is 13.0 Å². The van der Waals surface area contributed by atoms with Gasteiger partial charge in [-0.05, 0) is 54.7 Å². The van der Waals surface area contributed by atoms with Crippen molar-refractivity contribution in [3.05, 3.63) is 58.9 Å². The number of benzene rings is 1. The summed E-state index contributed by atoms with van der Waals surface area (Å²) in [5.41, 5.74) is 10.8. The predicted octanol–water partition coefficient (Wildman–Crippen LogP) is 2.92. The number of aromatic nitrogens is 1. The molecule has 2 aromatic rings. The molecule has 19 heavy (non-hydrogen) atoms. The number of hydrogen-bond acceptors (Lipinski definition) is 3. The van der Waals surface area contributed by atoms with Gasteiger partial charge in [0.15, 0.2) is 0 Å². The minimum absolute atomic E-state index is 0.196. The van der Waals surface area contributed by atoms with Gasteiger partial charge in [0.1, 0.15) is 12.4 Å². The van der Waals surface area contributed by atoms with Crippen molar-refractivity contribution < 1.29 is 4.74 Å². The number of nitrogens with zero attached hydrogens (tertiary/aromatic N) is 1. The summed E-state index contributed by atoms with van der Waals surface area (Å²) in [6.45, 7) is 2.56. The molecule has 0 amide bonds. The number of aryl methyl sites for hydroxylation is 2. The Balaban J connectivity index is 1.73. The SMILES string of the molecule is Cc1cccnc1COc1ccc2c(c1)CCC2N. The zero-order valence-corrected chi connectivity index (χ0v) is 11.1. The lowest BCUT2D eigenvalue weighted by Crippen LogP contribution is -2.05. The fourth-order valence-electron chi connectivity index (χ4n) is 2.54. The zero-order chi connectivity index (χ0) is 13.2. The van der Waals surface area contributed by atoms with E-state index in [1.54, 1.807) is 6.20 Å². The summed E-state index contributed by atoms with van der Waals surface area (Å²) in [6.07, 6.45) is 3.89. The number of fused-ring (bicyclic) bond motifs is 1. The highest BCUT2D eigenvalue weighted by molar-refractivity contribution is 5.40. The van der Waals surface area contributed by atoms with Crippen molar-refractivity contribution in [3.8, 4) is 5.75 Å². The Morgan fingerprint density at radius 1 is 1.37 bits per heavy atom. The minimum Gasteiger partial charge on any atom is -0.487 e. The maximum Gasteiger partial charge on any atom is 0.130 e. The van der Waals surface area contributed by atoms with Crippen molar-refractivity contribution in [1.29, 1.82) is 0 Å². The van der Waals surface area contributed by atoms with Crippen LogP contribution in [0.3, 0.4) is 0 Å². The van der Waals surface area contributed by atoms with Gasteiger partial charge in [-0.3, -0.25) is 4.98 Å². The van der Waals surface area contributed by atoms with Crippen LogP contribution in [0.15, 0.2) is 36.5 Å². The topological polar surface area (TPSA) is 48.1 Å². The molecule has 2 N–H and O–H groups in total. The average molecular weight is 254 g/mol. The quantitative estimate of drug-likeness (QED) is 0.916. The van der Waals surface area contributed by atoms with Gasteiger partial charge in [-0.25, -0.2) is 0 Å². The fourth-order valence-corrected chi connectivity index (χ4v) is 2.54. The first-order chi connectivity index (χ1) is 9.24. The molecule has 0 saturated heterocycles. The van der Waals surface area contributed by atoms with Crippen LogP contribution in [0.4, 0.5) is 0 Å². The minimum atomic E-state index is 0.196. The van der Waals surface area contributed by atoms with Crippen LogP contribution in [0.2, 0.25) is 0 Å². The lowest BCUT2D eigenvalue weighted by molar-refractivity contribution is 0.300. The Morgan fingerprint density at radius 3 is 3.11 bits per heavy atom. The molecule has 0 bridgehead atoms. The van der Waals surface area contributed by atoms with E-state index < -0.39 is 0 Å². The highest BCUT2D eigenvalue weighted by Crippen LogP contribution is 2.32. The molecule has 1 unspecified atom stereocenters. The summed E-state index contributed by atoms with van der Waals surface area (Å²) in [6, 6.07) is 10.4. The molecule has 1 aliphatic rings. The lowest BCUT2D eigenvalue weighted by Gasteiger charge is -2.10. The molecule has 3 rings (SSSR count). The Labute approximate surface area is 113 Å². The highest BCUT2D eigenvalue weighted by atomic mass is 16.5. The first-order valence-electron chi connectivity index (χ1n) is 6.66. The molecule has 0 radical (unpaired) electrons. The van der Waals surface area contributed by atoms with Gasteiger partial charge in [-0.15, -0.1) is 0 Å². The molecule has 1 aromatic heterocycles. The molecule has 1 atom stereocenters. The van der Waals surface area contributed by atoms with Gasteiger partial charge < -0.3 is 10.5 Å². The van der Waals surface area contributed by atoms with Crippen LogP contribution >= 0.6 is 0 Å². The van der Waals surface area contributed by atoms with Gasteiger partial charge in [0, 0.05) is 12.2 Å². The largest absolute Gasteiger partial charge is 0.487 e. The molecule has 3 heteroatoms. The van der Waals surface area contributed by atoms with Gasteiger partial charge in [-0.1, -0.05) is 12.1 Å². The first kappa shape index (κ1) is 12.2. The number of nitrogens with two attached hydrogens (primary N) is 1. The van der Waals surface area contributed by atoms with E-state index in [0.29, 0.717) is 6.61 Å². The second-order valence-electron chi connectivity index (χ2n) is 5.06. The standard InChI is InChI=1S/C16H18N2O/c1-11-3-2-8-18-16(11)10-19-13-5-6-14-12(9-13)4-7-15(14)17/h2-3,5-6,8-9,15H,4,7,10,17H2,1H3. The fraction of sp³-hybridized carbons (Fsp3) is 0.312. The second-order valence-corrected chi connectivity index (χ2v) is 5.06. The third-order valence-electron chi connectivity index (χ3n) is 3.73. The van der Waals surface area contributed by atoms with E-state index in [-0.39, 0.29) is 6.04 Å². The molecule has 1 heterocycles. The molecule has 0 spiro atoms. The van der Waals surface area contributed by atoms with E-state index in [1.165, 1.54) is 11.1 Å². The van der Waals surface area contributed by atoms with Crippen molar-refractivity contribution >= 4 is 0 Å². The number of rotatable bonds is 3. The van der Waals surface area contributed by atoms with Gasteiger partial charge in [0.05, 0.1) is 5.69 Å². The van der Waals surface area contributed by atoms with Gasteiger partial charge in [-0.2, -0.15) is 0 Å². The Kier molecular flexibility index (Phi) is 3.22. The third kappa shape index (κ3) is 2.47. The van der Waals surface area contributed by atoms with E-state index in [0.717, 1.165) is 29.8 Å². The second kappa shape index (κ2) is 5.02. The van der Waals surface area contributed by atoms with Crippen molar-refractivity contribution in [3.63, 3.8) is 0 Å². The van der Waals surface area contributed by atoms with Crippen LogP contribution in [0, 0.1) is 6.92 Å². The van der Waals surface area contributed by atoms with Crippen molar-refractivity contribution in [2.75, 3.05) is 0 Å². The molecule has 0 saturated carbocycles. The molecule has 98 valence electrons. The van der Waals surface area contributed by atoms with Crippen molar-refractivity contribution in [2.45, 2.75) is 32.4 Å². The predicted molar refractivity (Wildman–Crippen MR) is 75.0 cm³/mol. The Bertz CT molecular complexity index is 595. The molecule has 0 fully saturated rings. The smallest absolute Gasteiger partial charge is 0.130 e. The number of ether oxygens (including phenoxy) is 1. The lowest BCUT2D eigenvalue weighted by atomic mass is 10.1. The molecule has 1 aliphatic carbocycles. The van der Waals surface area contributed by atoms with Gasteiger partial charge >= 0.3 is 0 Å². The van der Waals surface area contributed by atoms with Crippen LogP contribution in [-0.4, -0.2) is 4.98 Å². The van der Waals surface area contributed by atoms with Gasteiger partial charge in [0.2, 0.25) is 0 Å². The maximum atomic E-state index is 6.03. The molecule has 0 aliphatic heterocycles. The summed E-state index contributed by atoms with van der Waals surface area (Å²) in [5.74, 6) is 0.901. The Hall–Kier alpha value is -1.87. The zero-order valence-electron chi connectivity index (χ0n) is 11.1. The van der Waals surface area contributed by atoms with E-state index in [1.807, 2.05) is 25.1 Å².